The number of hydrogen-bond donors (Lipinski definition) is 2. The van der Waals surface area contributed by atoms with Crippen LogP contribution >= 0.6 is 22.7 Å². The lowest BCUT2D eigenvalue weighted by Crippen LogP contribution is -2.25. The molecule has 0 bridgehead atoms. The third-order valence-corrected chi connectivity index (χ3v) is 4.69. The number of aryl methyl sites for hydroxylation is 2. The lowest BCUT2D eigenvalue weighted by atomic mass is 10.3. The van der Waals surface area contributed by atoms with Crippen molar-refractivity contribution < 1.29 is 4.79 Å². The minimum atomic E-state index is -0.0701. The topological polar surface area (TPSA) is 68.0 Å². The molecule has 102 valence electrons. The first-order chi connectivity index (χ1) is 9.10. The van der Waals surface area contributed by atoms with E-state index < -0.39 is 0 Å². The first-order valence-electron chi connectivity index (χ1n) is 6.18. The van der Waals surface area contributed by atoms with Crippen LogP contribution in [0, 0.1) is 6.92 Å². The molecule has 6 heteroatoms. The molecule has 3 N–H and O–H groups in total. The van der Waals surface area contributed by atoms with E-state index in [0.29, 0.717) is 16.6 Å². The number of carbonyl (C=O) groups is 1. The maximum atomic E-state index is 12.0. The number of rotatable bonds is 5. The van der Waals surface area contributed by atoms with Gasteiger partial charge in [-0.25, -0.2) is 4.98 Å². The Morgan fingerprint density at radius 2 is 2.21 bits per heavy atom. The maximum absolute atomic E-state index is 12.0. The number of nitrogens with two attached hydrogens (primary N) is 1. The van der Waals surface area contributed by atoms with Crippen LogP contribution in [-0.4, -0.2) is 17.4 Å². The Morgan fingerprint density at radius 3 is 2.84 bits per heavy atom. The molecule has 19 heavy (non-hydrogen) atoms. The molecule has 0 spiro atoms. The highest BCUT2D eigenvalue weighted by molar-refractivity contribution is 7.17. The second-order valence-corrected chi connectivity index (χ2v) is 6.60. The lowest BCUT2D eigenvalue weighted by Gasteiger charge is -2.03. The molecule has 4 nitrogen and oxygen atoms in total. The van der Waals surface area contributed by atoms with E-state index in [-0.39, 0.29) is 5.91 Å². The summed E-state index contributed by atoms with van der Waals surface area (Å²) in [4.78, 5) is 19.4. The van der Waals surface area contributed by atoms with Crippen LogP contribution in [0.2, 0.25) is 0 Å². The molecule has 2 aromatic heterocycles. The summed E-state index contributed by atoms with van der Waals surface area (Å²) in [6.45, 7) is 4.69. The van der Waals surface area contributed by atoms with E-state index in [1.165, 1.54) is 21.1 Å². The summed E-state index contributed by atoms with van der Waals surface area (Å²) >= 11 is 3.02. The van der Waals surface area contributed by atoms with Crippen molar-refractivity contribution >= 4 is 33.7 Å². The van der Waals surface area contributed by atoms with E-state index in [0.717, 1.165) is 18.5 Å². The smallest absolute Gasteiger partial charge is 0.263 e. The van der Waals surface area contributed by atoms with E-state index in [1.807, 2.05) is 6.92 Å². The fourth-order valence-electron chi connectivity index (χ4n) is 1.79. The Morgan fingerprint density at radius 1 is 1.42 bits per heavy atom. The molecule has 0 saturated heterocycles. The number of amides is 1. The zero-order valence-electron chi connectivity index (χ0n) is 11.0. The average Bonchev–Trinajstić information content (AvgIpc) is 2.95. The van der Waals surface area contributed by atoms with Gasteiger partial charge >= 0.3 is 0 Å². The Labute approximate surface area is 120 Å². The third kappa shape index (κ3) is 3.54. The van der Waals surface area contributed by atoms with Gasteiger partial charge in [-0.2, -0.15) is 0 Å². The van der Waals surface area contributed by atoms with E-state index in [1.54, 1.807) is 11.3 Å². The van der Waals surface area contributed by atoms with E-state index in [4.69, 9.17) is 5.73 Å². The first kappa shape index (κ1) is 14.0. The maximum Gasteiger partial charge on any atom is 0.263 e. The van der Waals surface area contributed by atoms with Crippen molar-refractivity contribution in [2.75, 3.05) is 12.3 Å². The van der Waals surface area contributed by atoms with Crippen molar-refractivity contribution in [2.45, 2.75) is 26.7 Å². The summed E-state index contributed by atoms with van der Waals surface area (Å²) in [6, 6.07) is 4.20. The predicted molar refractivity (Wildman–Crippen MR) is 81.0 cm³/mol. The van der Waals surface area contributed by atoms with Crippen LogP contribution in [0.1, 0.15) is 32.0 Å². The Hall–Kier alpha value is -1.40. The molecule has 0 aliphatic carbocycles. The average molecular weight is 295 g/mol. The second-order valence-electron chi connectivity index (χ2n) is 4.20. The van der Waals surface area contributed by atoms with Crippen molar-refractivity contribution in [3.05, 3.63) is 32.5 Å². The summed E-state index contributed by atoms with van der Waals surface area (Å²) in [6.07, 6.45) is 1.58. The number of thiazole rings is 1. The van der Waals surface area contributed by atoms with Gasteiger partial charge in [-0.3, -0.25) is 4.79 Å². The molecule has 0 radical (unpaired) electrons. The number of aromatic nitrogens is 1. The molecule has 0 saturated carbocycles. The van der Waals surface area contributed by atoms with Crippen LogP contribution in [0.15, 0.2) is 12.1 Å². The highest BCUT2D eigenvalue weighted by atomic mass is 32.1. The normalized spacial score (nSPS) is 10.6. The number of nitrogens with zero attached hydrogens (tertiary/aromatic N) is 1. The molecular weight excluding hydrogens is 278 g/mol. The zero-order chi connectivity index (χ0) is 13.8. The minimum Gasteiger partial charge on any atom is -0.375 e. The summed E-state index contributed by atoms with van der Waals surface area (Å²) in [5.74, 6) is -0.0701. The molecular formula is C13H17N3OS2. The second kappa shape index (κ2) is 6.16. The van der Waals surface area contributed by atoms with Crippen LogP contribution in [0.25, 0.3) is 0 Å². The fraction of sp³-hybridized carbons (Fsp3) is 0.385. The summed E-state index contributed by atoms with van der Waals surface area (Å²) in [7, 11) is 0. The van der Waals surface area contributed by atoms with Crippen molar-refractivity contribution in [1.82, 2.24) is 10.3 Å². The van der Waals surface area contributed by atoms with Crippen LogP contribution in [0.4, 0.5) is 5.13 Å². The van der Waals surface area contributed by atoms with Gasteiger partial charge in [0.15, 0.2) is 5.13 Å². The van der Waals surface area contributed by atoms with Gasteiger partial charge in [-0.05, 0) is 31.9 Å². The summed E-state index contributed by atoms with van der Waals surface area (Å²) in [5, 5.41) is 3.38. The minimum absolute atomic E-state index is 0.0701. The molecule has 0 unspecified atom stereocenters. The molecule has 0 fully saturated rings. The van der Waals surface area contributed by atoms with E-state index in [9.17, 15) is 4.79 Å². The van der Waals surface area contributed by atoms with E-state index >= 15 is 0 Å². The fourth-order valence-corrected chi connectivity index (χ4v) is 3.51. The Balaban J connectivity index is 1.90. The Kier molecular flexibility index (Phi) is 4.55. The summed E-state index contributed by atoms with van der Waals surface area (Å²) < 4.78 is 0. The molecule has 0 atom stereocenters. The lowest BCUT2D eigenvalue weighted by molar-refractivity contribution is 0.0957. The van der Waals surface area contributed by atoms with Gasteiger partial charge < -0.3 is 11.1 Å². The highest BCUT2D eigenvalue weighted by Gasteiger charge is 2.15. The highest BCUT2D eigenvalue weighted by Crippen LogP contribution is 2.21. The third-order valence-electron chi connectivity index (χ3n) is 2.71. The largest absolute Gasteiger partial charge is 0.375 e. The number of nitrogens with one attached hydrogen (secondary N) is 1. The molecule has 0 aliphatic rings. The molecule has 2 rings (SSSR count). The predicted octanol–water partition coefficient (Wildman–Crippen LogP) is 2.63. The monoisotopic (exact) mass is 295 g/mol. The van der Waals surface area contributed by atoms with Crippen LogP contribution < -0.4 is 11.1 Å². The van der Waals surface area contributed by atoms with Gasteiger partial charge in [0.25, 0.3) is 5.91 Å². The molecule has 2 heterocycles. The van der Waals surface area contributed by atoms with Crippen molar-refractivity contribution in [3.8, 4) is 0 Å². The molecule has 0 aromatic carbocycles. The van der Waals surface area contributed by atoms with Crippen molar-refractivity contribution in [1.29, 1.82) is 0 Å². The van der Waals surface area contributed by atoms with Crippen molar-refractivity contribution in [3.63, 3.8) is 0 Å². The molecule has 2 aromatic rings. The zero-order valence-corrected chi connectivity index (χ0v) is 12.7. The van der Waals surface area contributed by atoms with Gasteiger partial charge in [0.05, 0.1) is 5.69 Å². The standard InChI is InChI=1S/C13H17N3OS2/c1-3-10-11(19-13(14)16-10)12(17)15-7-6-9-5-4-8(2)18-9/h4-5H,3,6-7H2,1-2H3,(H2,14,16)(H,15,17). The van der Waals surface area contributed by atoms with Gasteiger partial charge in [-0.15, -0.1) is 11.3 Å². The molecule has 1 amide bonds. The SMILES string of the molecule is CCc1nc(N)sc1C(=O)NCCc1ccc(C)s1. The van der Waals surface area contributed by atoms with Gasteiger partial charge in [0.1, 0.15) is 4.88 Å². The van der Waals surface area contributed by atoms with Crippen LogP contribution in [0.5, 0.6) is 0 Å². The summed E-state index contributed by atoms with van der Waals surface area (Å²) in [5.41, 5.74) is 6.43. The number of carbonyl (C=O) groups excluding carboxylic acids is 1. The number of anilines is 1. The van der Waals surface area contributed by atoms with Gasteiger partial charge in [-0.1, -0.05) is 18.3 Å². The van der Waals surface area contributed by atoms with Gasteiger partial charge in [0.2, 0.25) is 0 Å². The molecule has 0 aliphatic heterocycles. The Bertz CT molecular complexity index is 574. The first-order valence-corrected chi connectivity index (χ1v) is 7.82. The number of thiophene rings is 1. The van der Waals surface area contributed by atoms with E-state index in [2.05, 4.69) is 29.4 Å². The van der Waals surface area contributed by atoms with Gasteiger partial charge in [0, 0.05) is 16.3 Å². The number of hydrogen-bond acceptors (Lipinski definition) is 5. The quantitative estimate of drug-likeness (QED) is 0.891. The van der Waals surface area contributed by atoms with Crippen molar-refractivity contribution in [2.24, 2.45) is 0 Å². The van der Waals surface area contributed by atoms with Crippen LogP contribution in [-0.2, 0) is 12.8 Å². The van der Waals surface area contributed by atoms with Crippen LogP contribution in [0.3, 0.4) is 0 Å². The number of nitrogen functional groups attached to an aromatic ring is 1.